The molecule has 2 aromatic heterocycles. The Morgan fingerprint density at radius 2 is 1.89 bits per heavy atom. The first-order valence-electron chi connectivity index (χ1n) is 11.2. The van der Waals surface area contributed by atoms with Crippen LogP contribution in [0.2, 0.25) is 0 Å². The van der Waals surface area contributed by atoms with E-state index in [-0.39, 0.29) is 23.9 Å². The molecule has 4 aromatic rings. The zero-order valence-corrected chi connectivity index (χ0v) is 19.0. The van der Waals surface area contributed by atoms with E-state index in [1.165, 1.54) is 17.9 Å². The van der Waals surface area contributed by atoms with E-state index in [4.69, 9.17) is 4.42 Å². The molecule has 1 atom stereocenters. The van der Waals surface area contributed by atoms with E-state index < -0.39 is 11.9 Å². The second kappa shape index (κ2) is 7.46. The van der Waals surface area contributed by atoms with Gasteiger partial charge in [0, 0.05) is 42.5 Å². The Labute approximate surface area is 200 Å². The molecule has 2 aliphatic heterocycles. The third-order valence-corrected chi connectivity index (χ3v) is 6.76. The zero-order valence-electron chi connectivity index (χ0n) is 19.0. The van der Waals surface area contributed by atoms with Gasteiger partial charge in [0.15, 0.2) is 0 Å². The number of nitrogens with one attached hydrogen (secondary N) is 1. The van der Waals surface area contributed by atoms with Gasteiger partial charge in [0.2, 0.25) is 5.91 Å². The van der Waals surface area contributed by atoms with Crippen molar-refractivity contribution in [1.29, 1.82) is 0 Å². The van der Waals surface area contributed by atoms with Crippen molar-refractivity contribution in [2.24, 2.45) is 7.05 Å². The van der Waals surface area contributed by atoms with Crippen LogP contribution in [0.15, 0.2) is 76.5 Å². The van der Waals surface area contributed by atoms with Gasteiger partial charge in [-0.25, -0.2) is 4.79 Å². The van der Waals surface area contributed by atoms with Gasteiger partial charge < -0.3 is 19.4 Å². The van der Waals surface area contributed by atoms with Crippen LogP contribution < -0.4 is 5.32 Å². The summed E-state index contributed by atoms with van der Waals surface area (Å²) in [6, 6.07) is 16.1. The molecule has 8 heteroatoms. The number of imide groups is 1. The van der Waals surface area contributed by atoms with Crippen molar-refractivity contribution >= 4 is 34.4 Å². The number of aromatic nitrogens is 1. The van der Waals surface area contributed by atoms with E-state index in [9.17, 15) is 19.5 Å². The average Bonchev–Trinajstić information content (AvgIpc) is 3.51. The van der Waals surface area contributed by atoms with Gasteiger partial charge in [0.25, 0.3) is 5.91 Å². The van der Waals surface area contributed by atoms with Gasteiger partial charge in [-0.05, 0) is 35.9 Å². The van der Waals surface area contributed by atoms with Crippen LogP contribution in [0.4, 0.5) is 5.69 Å². The van der Waals surface area contributed by atoms with Gasteiger partial charge in [0.05, 0.1) is 29.1 Å². The van der Waals surface area contributed by atoms with Gasteiger partial charge >= 0.3 is 5.97 Å². The molecule has 2 aliphatic rings. The van der Waals surface area contributed by atoms with E-state index >= 15 is 0 Å². The van der Waals surface area contributed by atoms with Crippen molar-refractivity contribution in [3.05, 3.63) is 89.0 Å². The maximum atomic E-state index is 13.5. The van der Waals surface area contributed by atoms with Crippen LogP contribution in [0.5, 0.6) is 0 Å². The predicted octanol–water partition coefficient (Wildman–Crippen LogP) is 4.34. The van der Waals surface area contributed by atoms with Gasteiger partial charge in [-0.15, -0.1) is 0 Å². The first-order valence-corrected chi connectivity index (χ1v) is 11.2. The standard InChI is InChI=1S/C27H21N3O5/c1-14(31)30-13-19-25(26(30)32)24(17-12-29(2)20-9-5-8-18(28-19)23(17)20)22-11-10-21(35-22)15-6-3-4-7-16(15)27(33)34/h3-12,24,28H,13H2,1-2H3,(H,33,34)/t24-/m1/s1. The molecule has 0 saturated heterocycles. The normalized spacial score (nSPS) is 16.9. The van der Waals surface area contributed by atoms with Crippen LogP contribution in [0.1, 0.15) is 34.5 Å². The summed E-state index contributed by atoms with van der Waals surface area (Å²) in [6.45, 7) is 1.53. The molecule has 0 aliphatic carbocycles. The fourth-order valence-electron chi connectivity index (χ4n) is 5.20. The molecule has 2 amide bonds. The number of rotatable bonds is 3. The van der Waals surface area contributed by atoms with Crippen LogP contribution in [0.3, 0.4) is 0 Å². The Balaban J connectivity index is 1.58. The Kier molecular flexibility index (Phi) is 4.47. The van der Waals surface area contributed by atoms with E-state index in [1.54, 1.807) is 30.3 Å². The highest BCUT2D eigenvalue weighted by atomic mass is 16.4. The first-order chi connectivity index (χ1) is 16.8. The molecule has 0 spiro atoms. The lowest BCUT2D eigenvalue weighted by Gasteiger charge is -2.17. The van der Waals surface area contributed by atoms with E-state index in [0.29, 0.717) is 28.4 Å². The Morgan fingerprint density at radius 1 is 1.09 bits per heavy atom. The summed E-state index contributed by atoms with van der Waals surface area (Å²) in [5, 5.41) is 14.0. The summed E-state index contributed by atoms with van der Waals surface area (Å²) in [6.07, 6.45) is 1.98. The summed E-state index contributed by atoms with van der Waals surface area (Å²) in [4.78, 5) is 38.7. The maximum Gasteiger partial charge on any atom is 0.336 e. The summed E-state index contributed by atoms with van der Waals surface area (Å²) in [5.74, 6) is -1.43. The molecule has 4 heterocycles. The zero-order chi connectivity index (χ0) is 24.4. The van der Waals surface area contributed by atoms with Crippen molar-refractivity contribution < 1.29 is 23.9 Å². The van der Waals surface area contributed by atoms with Crippen molar-refractivity contribution in [3.63, 3.8) is 0 Å². The fourth-order valence-corrected chi connectivity index (χ4v) is 5.20. The topological polar surface area (TPSA) is 105 Å². The van der Waals surface area contributed by atoms with Crippen LogP contribution in [0.25, 0.3) is 22.2 Å². The summed E-state index contributed by atoms with van der Waals surface area (Å²) in [7, 11) is 1.94. The average molecular weight is 467 g/mol. The van der Waals surface area contributed by atoms with Gasteiger partial charge in [-0.1, -0.05) is 24.3 Å². The number of benzene rings is 2. The molecule has 0 radical (unpaired) electrons. The lowest BCUT2D eigenvalue weighted by atomic mass is 9.88. The number of anilines is 1. The quantitative estimate of drug-likeness (QED) is 0.465. The number of carbonyl (C=O) groups is 3. The van der Waals surface area contributed by atoms with E-state index in [2.05, 4.69) is 5.32 Å². The second-order valence-electron chi connectivity index (χ2n) is 8.81. The molecule has 8 nitrogen and oxygen atoms in total. The van der Waals surface area contributed by atoms with Gasteiger partial charge in [0.1, 0.15) is 11.5 Å². The van der Waals surface area contributed by atoms with Crippen molar-refractivity contribution in [3.8, 4) is 11.3 Å². The third-order valence-electron chi connectivity index (χ3n) is 6.76. The highest BCUT2D eigenvalue weighted by molar-refractivity contribution is 6.11. The monoisotopic (exact) mass is 467 g/mol. The number of aryl methyl sites for hydroxylation is 1. The van der Waals surface area contributed by atoms with Crippen LogP contribution in [-0.2, 0) is 16.6 Å². The molecular formula is C27H21N3O5. The molecular weight excluding hydrogens is 446 g/mol. The molecule has 0 bridgehead atoms. The maximum absolute atomic E-state index is 13.5. The van der Waals surface area contributed by atoms with Gasteiger partial charge in [-0.3, -0.25) is 14.5 Å². The second-order valence-corrected chi connectivity index (χ2v) is 8.81. The minimum Gasteiger partial charge on any atom is -0.478 e. The number of nitrogens with zero attached hydrogens (tertiary/aromatic N) is 2. The molecule has 174 valence electrons. The summed E-state index contributed by atoms with van der Waals surface area (Å²) >= 11 is 0. The number of furan rings is 1. The number of carboxylic acid groups (broad SMARTS) is 1. The van der Waals surface area contributed by atoms with Crippen LogP contribution in [-0.4, -0.2) is 38.9 Å². The van der Waals surface area contributed by atoms with E-state index in [1.807, 2.05) is 36.0 Å². The minimum atomic E-state index is -1.05. The third kappa shape index (κ3) is 3.03. The summed E-state index contributed by atoms with van der Waals surface area (Å²) < 4.78 is 8.27. The largest absolute Gasteiger partial charge is 0.478 e. The molecule has 0 fully saturated rings. The number of hydrogen-bond acceptors (Lipinski definition) is 5. The highest BCUT2D eigenvalue weighted by Gasteiger charge is 2.42. The van der Waals surface area contributed by atoms with Crippen LogP contribution >= 0.6 is 0 Å². The molecule has 2 N–H and O–H groups in total. The van der Waals surface area contributed by atoms with Crippen LogP contribution in [0, 0.1) is 0 Å². The van der Waals surface area contributed by atoms with Crippen molar-refractivity contribution in [2.45, 2.75) is 12.8 Å². The lowest BCUT2D eigenvalue weighted by molar-refractivity contribution is -0.139. The number of hydrogen-bond donors (Lipinski definition) is 2. The predicted molar refractivity (Wildman–Crippen MR) is 129 cm³/mol. The fraction of sp³-hybridized carbons (Fsp3) is 0.148. The molecule has 6 rings (SSSR count). The number of carboxylic acids is 1. The molecule has 35 heavy (non-hydrogen) atoms. The number of amides is 2. The minimum absolute atomic E-state index is 0.128. The summed E-state index contributed by atoms with van der Waals surface area (Å²) in [5.41, 5.74) is 4.42. The molecule has 0 saturated carbocycles. The Morgan fingerprint density at radius 3 is 2.66 bits per heavy atom. The molecule has 0 unspecified atom stereocenters. The lowest BCUT2D eigenvalue weighted by Crippen LogP contribution is -2.33. The first kappa shape index (κ1) is 21.0. The smallest absolute Gasteiger partial charge is 0.336 e. The number of carbonyl (C=O) groups excluding carboxylic acids is 2. The van der Waals surface area contributed by atoms with E-state index in [0.717, 1.165) is 22.2 Å². The highest BCUT2D eigenvalue weighted by Crippen LogP contribution is 2.47. The SMILES string of the molecule is CC(=O)N1CC2=C(C1=O)[C@@H](c1ccc(-c3ccccc3C(=O)O)o1)c1cn(C)c3cccc(c13)N2. The number of aromatic carboxylic acids is 1. The Bertz CT molecular complexity index is 1610. The van der Waals surface area contributed by atoms with Gasteiger partial charge in [-0.2, -0.15) is 0 Å². The van der Waals surface area contributed by atoms with Crippen molar-refractivity contribution in [2.75, 3.05) is 11.9 Å². The van der Waals surface area contributed by atoms with Crippen molar-refractivity contribution in [1.82, 2.24) is 9.47 Å². The Hall–Kier alpha value is -4.59. The molecule has 2 aromatic carbocycles.